The van der Waals surface area contributed by atoms with Crippen LogP contribution in [0, 0.1) is 10.1 Å². The lowest BCUT2D eigenvalue weighted by atomic mass is 10.3. The van der Waals surface area contributed by atoms with E-state index in [2.05, 4.69) is 10.3 Å². The lowest BCUT2D eigenvalue weighted by Gasteiger charge is -2.11. The van der Waals surface area contributed by atoms with Crippen LogP contribution in [0.3, 0.4) is 0 Å². The maximum atomic E-state index is 12.2. The molecule has 3 aromatic rings. The molecule has 1 amide bonds. The number of nitrogens with zero attached hydrogens (tertiary/aromatic N) is 3. The number of nitrogens with one attached hydrogen (secondary N) is 1. The average Bonchev–Trinajstić information content (AvgIpc) is 3.15. The number of carbonyl (C=O) groups excluding carboxylic acids is 1. The third-order valence-corrected chi connectivity index (χ3v) is 4.61. The number of para-hydroxylation sites is 2. The standard InChI is InChI=1S/C18H16N4O4S/c1-26-16-5-3-2-4-15(16)21-11-10-19-18(21)27-12-17(23)20-13-6-8-14(9-7-13)22(24)25/h2-11H,12H2,1H3,(H,20,23). The van der Waals surface area contributed by atoms with Gasteiger partial charge in [-0.3, -0.25) is 19.5 Å². The first-order chi connectivity index (χ1) is 13.1. The normalized spacial score (nSPS) is 10.4. The van der Waals surface area contributed by atoms with Crippen molar-refractivity contribution in [3.05, 3.63) is 71.0 Å². The monoisotopic (exact) mass is 384 g/mol. The zero-order valence-electron chi connectivity index (χ0n) is 14.4. The minimum atomic E-state index is -0.487. The van der Waals surface area contributed by atoms with Crippen molar-refractivity contribution < 1.29 is 14.5 Å². The van der Waals surface area contributed by atoms with E-state index in [1.807, 2.05) is 28.8 Å². The highest BCUT2D eigenvalue weighted by atomic mass is 32.2. The Labute approximate surface area is 159 Å². The van der Waals surface area contributed by atoms with Gasteiger partial charge in [-0.05, 0) is 24.3 Å². The molecule has 0 aliphatic heterocycles. The van der Waals surface area contributed by atoms with Crippen LogP contribution in [-0.2, 0) is 4.79 Å². The van der Waals surface area contributed by atoms with E-state index in [9.17, 15) is 14.9 Å². The lowest BCUT2D eigenvalue weighted by molar-refractivity contribution is -0.384. The van der Waals surface area contributed by atoms with Gasteiger partial charge in [-0.2, -0.15) is 0 Å². The van der Waals surface area contributed by atoms with Crippen LogP contribution in [0.5, 0.6) is 5.75 Å². The number of rotatable bonds is 7. The van der Waals surface area contributed by atoms with E-state index in [-0.39, 0.29) is 17.3 Å². The number of aromatic nitrogens is 2. The van der Waals surface area contributed by atoms with Crippen LogP contribution in [0.4, 0.5) is 11.4 Å². The molecule has 1 heterocycles. The Morgan fingerprint density at radius 2 is 2.00 bits per heavy atom. The molecule has 9 heteroatoms. The lowest BCUT2D eigenvalue weighted by Crippen LogP contribution is -2.14. The number of imidazole rings is 1. The molecule has 3 rings (SSSR count). The van der Waals surface area contributed by atoms with Crippen molar-refractivity contribution in [1.29, 1.82) is 0 Å². The third-order valence-electron chi connectivity index (χ3n) is 3.65. The van der Waals surface area contributed by atoms with Crippen LogP contribution >= 0.6 is 11.8 Å². The predicted octanol–water partition coefficient (Wildman–Crippen LogP) is 3.52. The molecule has 138 valence electrons. The van der Waals surface area contributed by atoms with E-state index in [4.69, 9.17) is 4.74 Å². The number of ether oxygens (including phenoxy) is 1. The zero-order chi connectivity index (χ0) is 19.2. The SMILES string of the molecule is COc1ccccc1-n1ccnc1SCC(=O)Nc1ccc([N+](=O)[O-])cc1. The second-order valence-electron chi connectivity index (χ2n) is 5.39. The van der Waals surface area contributed by atoms with Gasteiger partial charge in [-0.15, -0.1) is 0 Å². The van der Waals surface area contributed by atoms with Gasteiger partial charge in [0.2, 0.25) is 5.91 Å². The fourth-order valence-electron chi connectivity index (χ4n) is 2.40. The van der Waals surface area contributed by atoms with Crippen molar-refractivity contribution >= 4 is 29.0 Å². The molecule has 0 bridgehead atoms. The summed E-state index contributed by atoms with van der Waals surface area (Å²) in [6.07, 6.45) is 3.46. The summed E-state index contributed by atoms with van der Waals surface area (Å²) in [6.45, 7) is 0. The zero-order valence-corrected chi connectivity index (χ0v) is 15.2. The van der Waals surface area contributed by atoms with E-state index in [1.165, 1.54) is 36.0 Å². The van der Waals surface area contributed by atoms with Crippen LogP contribution in [0.25, 0.3) is 5.69 Å². The van der Waals surface area contributed by atoms with E-state index < -0.39 is 4.92 Å². The van der Waals surface area contributed by atoms with Crippen molar-refractivity contribution in [3.63, 3.8) is 0 Å². The Balaban J connectivity index is 1.65. The van der Waals surface area contributed by atoms with Crippen molar-refractivity contribution in [2.24, 2.45) is 0 Å². The maximum absolute atomic E-state index is 12.2. The number of hydrogen-bond donors (Lipinski definition) is 1. The Morgan fingerprint density at radius 3 is 2.70 bits per heavy atom. The number of non-ortho nitro benzene ring substituents is 1. The van der Waals surface area contributed by atoms with Gasteiger partial charge in [0, 0.05) is 30.2 Å². The number of nitro groups is 1. The summed E-state index contributed by atoms with van der Waals surface area (Å²) in [5.41, 5.74) is 1.30. The Hall–Kier alpha value is -3.33. The van der Waals surface area contributed by atoms with Crippen LogP contribution in [0.15, 0.2) is 66.1 Å². The highest BCUT2D eigenvalue weighted by Gasteiger charge is 2.12. The molecule has 0 saturated heterocycles. The molecule has 0 aliphatic rings. The number of nitro benzene ring substituents is 1. The second-order valence-corrected chi connectivity index (χ2v) is 6.34. The second kappa shape index (κ2) is 8.37. The highest BCUT2D eigenvalue weighted by molar-refractivity contribution is 7.99. The minimum absolute atomic E-state index is 0.0267. The van der Waals surface area contributed by atoms with Crippen LogP contribution < -0.4 is 10.1 Å². The molecule has 0 fully saturated rings. The summed E-state index contributed by atoms with van der Waals surface area (Å²) in [5, 5.41) is 14.0. The first-order valence-electron chi connectivity index (χ1n) is 7.92. The van der Waals surface area contributed by atoms with E-state index in [0.29, 0.717) is 16.6 Å². The predicted molar refractivity (Wildman–Crippen MR) is 103 cm³/mol. The molecule has 0 unspecified atom stereocenters. The van der Waals surface area contributed by atoms with Gasteiger partial charge in [0.05, 0.1) is 23.5 Å². The molecule has 1 N–H and O–H groups in total. The molecule has 8 nitrogen and oxygen atoms in total. The van der Waals surface area contributed by atoms with Gasteiger partial charge in [-0.25, -0.2) is 4.98 Å². The van der Waals surface area contributed by atoms with Crippen LogP contribution in [-0.4, -0.2) is 33.2 Å². The molecule has 0 saturated carbocycles. The number of anilines is 1. The van der Waals surface area contributed by atoms with Crippen LogP contribution in [0.1, 0.15) is 0 Å². The smallest absolute Gasteiger partial charge is 0.269 e. The molecule has 27 heavy (non-hydrogen) atoms. The summed E-state index contributed by atoms with van der Waals surface area (Å²) in [7, 11) is 1.60. The average molecular weight is 384 g/mol. The quantitative estimate of drug-likeness (QED) is 0.380. The number of benzene rings is 2. The molecule has 0 spiro atoms. The molecular weight excluding hydrogens is 368 g/mol. The summed E-state index contributed by atoms with van der Waals surface area (Å²) < 4.78 is 7.22. The van der Waals surface area contributed by atoms with Gasteiger partial charge in [0.1, 0.15) is 5.75 Å². The number of amides is 1. The molecule has 2 aromatic carbocycles. The molecule has 1 aromatic heterocycles. The van der Waals surface area contributed by atoms with E-state index >= 15 is 0 Å². The van der Waals surface area contributed by atoms with Crippen molar-refractivity contribution in [2.45, 2.75) is 5.16 Å². The molecular formula is C18H16N4O4S. The summed E-state index contributed by atoms with van der Waals surface area (Å²) in [5.74, 6) is 0.611. The van der Waals surface area contributed by atoms with Gasteiger partial charge >= 0.3 is 0 Å². The van der Waals surface area contributed by atoms with Gasteiger partial charge in [0.15, 0.2) is 5.16 Å². The van der Waals surface area contributed by atoms with E-state index in [1.54, 1.807) is 19.5 Å². The van der Waals surface area contributed by atoms with Gasteiger partial charge in [-0.1, -0.05) is 23.9 Å². The maximum Gasteiger partial charge on any atom is 0.269 e. The first-order valence-corrected chi connectivity index (χ1v) is 8.91. The Kier molecular flexibility index (Phi) is 5.72. The fraction of sp³-hybridized carbons (Fsp3) is 0.111. The Morgan fingerprint density at radius 1 is 1.26 bits per heavy atom. The van der Waals surface area contributed by atoms with Crippen molar-refractivity contribution in [2.75, 3.05) is 18.2 Å². The summed E-state index contributed by atoms with van der Waals surface area (Å²) in [6, 6.07) is 13.2. The highest BCUT2D eigenvalue weighted by Crippen LogP contribution is 2.27. The first kappa shape index (κ1) is 18.5. The molecule has 0 radical (unpaired) electrons. The minimum Gasteiger partial charge on any atom is -0.495 e. The largest absolute Gasteiger partial charge is 0.495 e. The van der Waals surface area contributed by atoms with E-state index in [0.717, 1.165) is 5.69 Å². The topological polar surface area (TPSA) is 99.3 Å². The van der Waals surface area contributed by atoms with Gasteiger partial charge in [0.25, 0.3) is 5.69 Å². The fourth-order valence-corrected chi connectivity index (χ4v) is 3.17. The van der Waals surface area contributed by atoms with Gasteiger partial charge < -0.3 is 10.1 Å². The number of methoxy groups -OCH3 is 1. The number of thioether (sulfide) groups is 1. The summed E-state index contributed by atoms with van der Waals surface area (Å²) >= 11 is 1.28. The summed E-state index contributed by atoms with van der Waals surface area (Å²) in [4.78, 5) is 26.6. The number of hydrogen-bond acceptors (Lipinski definition) is 6. The van der Waals surface area contributed by atoms with Crippen LogP contribution in [0.2, 0.25) is 0 Å². The third kappa shape index (κ3) is 4.45. The molecule has 0 aliphatic carbocycles. The Bertz CT molecular complexity index is 956. The molecule has 0 atom stereocenters. The van der Waals surface area contributed by atoms with Crippen molar-refractivity contribution in [3.8, 4) is 11.4 Å². The number of carbonyl (C=O) groups is 1. The van der Waals surface area contributed by atoms with Crippen molar-refractivity contribution in [1.82, 2.24) is 9.55 Å².